The van der Waals surface area contributed by atoms with Crippen LogP contribution in [-0.2, 0) is 17.8 Å². The summed E-state index contributed by atoms with van der Waals surface area (Å²) in [5.41, 5.74) is 4.49. The van der Waals surface area contributed by atoms with E-state index in [1.54, 1.807) is 12.1 Å². The van der Waals surface area contributed by atoms with E-state index >= 15 is 0 Å². The molecule has 0 saturated heterocycles. The normalized spacial score (nSPS) is 13.5. The Balaban J connectivity index is 1.70. The Morgan fingerprint density at radius 1 is 1.17 bits per heavy atom. The van der Waals surface area contributed by atoms with Crippen LogP contribution in [-0.4, -0.2) is 23.5 Å². The Kier molecular flexibility index (Phi) is 4.51. The summed E-state index contributed by atoms with van der Waals surface area (Å²) >= 11 is 0. The van der Waals surface area contributed by atoms with Crippen LogP contribution in [0.15, 0.2) is 42.5 Å². The zero-order valence-corrected chi connectivity index (χ0v) is 13.6. The first kappa shape index (κ1) is 16.1. The fourth-order valence-corrected chi connectivity index (χ4v) is 2.99. The monoisotopic (exact) mass is 324 g/mol. The second-order valence-electron chi connectivity index (χ2n) is 5.84. The van der Waals surface area contributed by atoms with Gasteiger partial charge in [-0.25, -0.2) is 4.79 Å². The number of carbonyl (C=O) groups excluding carboxylic acids is 1. The summed E-state index contributed by atoms with van der Waals surface area (Å²) in [6.07, 6.45) is 1.33. The van der Waals surface area contributed by atoms with E-state index in [9.17, 15) is 9.59 Å². The van der Waals surface area contributed by atoms with Crippen molar-refractivity contribution in [2.75, 3.05) is 16.8 Å². The quantitative estimate of drug-likeness (QED) is 0.885. The number of aromatic carboxylic acids is 1. The molecule has 1 amide bonds. The van der Waals surface area contributed by atoms with Gasteiger partial charge in [-0.3, -0.25) is 4.79 Å². The van der Waals surface area contributed by atoms with Crippen molar-refractivity contribution in [3.05, 3.63) is 59.2 Å². The molecule has 1 aliphatic heterocycles. The van der Waals surface area contributed by atoms with E-state index in [1.807, 2.05) is 36.1 Å². The fourth-order valence-electron chi connectivity index (χ4n) is 2.99. The molecule has 124 valence electrons. The van der Waals surface area contributed by atoms with Crippen molar-refractivity contribution in [3.63, 3.8) is 0 Å². The SMILES string of the molecule is CCN1C(=O)CCc2cc(NCc3ccc(C(=O)O)cc3)ccc21. The van der Waals surface area contributed by atoms with Crippen LogP contribution in [0.1, 0.15) is 34.8 Å². The molecular formula is C19H20N2O3. The molecule has 24 heavy (non-hydrogen) atoms. The lowest BCUT2D eigenvalue weighted by molar-refractivity contribution is -0.118. The summed E-state index contributed by atoms with van der Waals surface area (Å²) < 4.78 is 0. The van der Waals surface area contributed by atoms with Gasteiger partial charge >= 0.3 is 5.97 Å². The Labute approximate surface area is 140 Å². The zero-order valence-electron chi connectivity index (χ0n) is 13.6. The molecule has 0 aliphatic carbocycles. The molecule has 2 aromatic carbocycles. The standard InChI is InChI=1S/C19H20N2O3/c1-2-21-17-9-8-16(11-15(17)7-10-18(21)22)20-12-13-3-5-14(6-4-13)19(23)24/h3-6,8-9,11,20H,2,7,10,12H2,1H3,(H,23,24). The molecular weight excluding hydrogens is 304 g/mol. The van der Waals surface area contributed by atoms with Crippen molar-refractivity contribution in [3.8, 4) is 0 Å². The van der Waals surface area contributed by atoms with E-state index in [0.717, 1.165) is 23.4 Å². The minimum absolute atomic E-state index is 0.184. The largest absolute Gasteiger partial charge is 0.478 e. The average molecular weight is 324 g/mol. The Hall–Kier alpha value is -2.82. The molecule has 2 N–H and O–H groups in total. The maximum atomic E-state index is 11.9. The number of aryl methyl sites for hydroxylation is 1. The number of hydrogen-bond acceptors (Lipinski definition) is 3. The lowest BCUT2D eigenvalue weighted by Gasteiger charge is -2.28. The van der Waals surface area contributed by atoms with E-state index in [2.05, 4.69) is 11.4 Å². The van der Waals surface area contributed by atoms with Gasteiger partial charge in [0, 0.05) is 30.9 Å². The van der Waals surface area contributed by atoms with Gasteiger partial charge in [0.15, 0.2) is 0 Å². The number of rotatable bonds is 5. The van der Waals surface area contributed by atoms with E-state index in [1.165, 1.54) is 5.56 Å². The number of carboxylic acid groups (broad SMARTS) is 1. The fraction of sp³-hybridized carbons (Fsp3) is 0.263. The van der Waals surface area contributed by atoms with Crippen molar-refractivity contribution < 1.29 is 14.7 Å². The van der Waals surface area contributed by atoms with E-state index in [0.29, 0.717) is 19.5 Å². The molecule has 0 atom stereocenters. The number of nitrogens with zero attached hydrogens (tertiary/aromatic N) is 1. The van der Waals surface area contributed by atoms with Gasteiger partial charge in [0.1, 0.15) is 0 Å². The van der Waals surface area contributed by atoms with Crippen molar-refractivity contribution in [2.24, 2.45) is 0 Å². The maximum Gasteiger partial charge on any atom is 0.335 e. The minimum Gasteiger partial charge on any atom is -0.478 e. The van der Waals surface area contributed by atoms with Gasteiger partial charge in [-0.2, -0.15) is 0 Å². The molecule has 3 rings (SSSR count). The molecule has 0 spiro atoms. The maximum absolute atomic E-state index is 11.9. The van der Waals surface area contributed by atoms with Gasteiger partial charge in [0.05, 0.1) is 5.56 Å². The highest BCUT2D eigenvalue weighted by atomic mass is 16.4. The molecule has 0 aromatic heterocycles. The van der Waals surface area contributed by atoms with Gasteiger partial charge in [0.2, 0.25) is 5.91 Å². The number of benzene rings is 2. The Morgan fingerprint density at radius 2 is 1.92 bits per heavy atom. The number of nitrogens with one attached hydrogen (secondary N) is 1. The molecule has 0 unspecified atom stereocenters. The summed E-state index contributed by atoms with van der Waals surface area (Å²) in [5.74, 6) is -0.733. The summed E-state index contributed by atoms with van der Waals surface area (Å²) in [5, 5.41) is 12.3. The van der Waals surface area contributed by atoms with Crippen LogP contribution >= 0.6 is 0 Å². The predicted molar refractivity (Wildman–Crippen MR) is 93.5 cm³/mol. The first-order valence-electron chi connectivity index (χ1n) is 8.08. The predicted octanol–water partition coefficient (Wildman–Crippen LogP) is 3.30. The van der Waals surface area contributed by atoms with Gasteiger partial charge in [-0.1, -0.05) is 12.1 Å². The third-order valence-electron chi connectivity index (χ3n) is 4.29. The number of amides is 1. The van der Waals surface area contributed by atoms with E-state index in [4.69, 9.17) is 5.11 Å². The Morgan fingerprint density at radius 3 is 2.58 bits per heavy atom. The third-order valence-corrected chi connectivity index (χ3v) is 4.29. The Bertz CT molecular complexity index is 769. The third kappa shape index (κ3) is 3.25. The van der Waals surface area contributed by atoms with Crippen molar-refractivity contribution in [1.82, 2.24) is 0 Å². The molecule has 0 fully saturated rings. The van der Waals surface area contributed by atoms with E-state index < -0.39 is 5.97 Å². The van der Waals surface area contributed by atoms with Crippen LogP contribution in [0.5, 0.6) is 0 Å². The van der Waals surface area contributed by atoms with E-state index in [-0.39, 0.29) is 11.5 Å². The first-order chi connectivity index (χ1) is 11.6. The lowest BCUT2D eigenvalue weighted by atomic mass is 10.0. The number of anilines is 2. The first-order valence-corrected chi connectivity index (χ1v) is 8.08. The van der Waals surface area contributed by atoms with Crippen LogP contribution in [0.3, 0.4) is 0 Å². The molecule has 1 aliphatic rings. The molecule has 1 heterocycles. The molecule has 0 bridgehead atoms. The van der Waals surface area contributed by atoms with Crippen LogP contribution < -0.4 is 10.2 Å². The topological polar surface area (TPSA) is 69.6 Å². The highest BCUT2D eigenvalue weighted by molar-refractivity contribution is 5.96. The second kappa shape index (κ2) is 6.74. The molecule has 0 saturated carbocycles. The van der Waals surface area contributed by atoms with Crippen LogP contribution in [0.2, 0.25) is 0 Å². The van der Waals surface area contributed by atoms with Gasteiger partial charge in [-0.15, -0.1) is 0 Å². The zero-order chi connectivity index (χ0) is 17.1. The summed E-state index contributed by atoms with van der Waals surface area (Å²) in [6, 6.07) is 12.9. The molecule has 0 radical (unpaired) electrons. The van der Waals surface area contributed by atoms with Gasteiger partial charge in [-0.05, 0) is 54.8 Å². The number of carbonyl (C=O) groups is 2. The number of fused-ring (bicyclic) bond motifs is 1. The van der Waals surface area contributed by atoms with Crippen molar-refractivity contribution in [1.29, 1.82) is 0 Å². The molecule has 2 aromatic rings. The van der Waals surface area contributed by atoms with Crippen molar-refractivity contribution in [2.45, 2.75) is 26.3 Å². The highest BCUT2D eigenvalue weighted by Crippen LogP contribution is 2.30. The number of carboxylic acids is 1. The van der Waals surface area contributed by atoms with Gasteiger partial charge < -0.3 is 15.3 Å². The second-order valence-corrected chi connectivity index (χ2v) is 5.84. The van der Waals surface area contributed by atoms with Crippen molar-refractivity contribution >= 4 is 23.3 Å². The van der Waals surface area contributed by atoms with Crippen LogP contribution in [0, 0.1) is 0 Å². The summed E-state index contributed by atoms with van der Waals surface area (Å²) in [7, 11) is 0. The summed E-state index contributed by atoms with van der Waals surface area (Å²) in [4.78, 5) is 24.6. The summed E-state index contributed by atoms with van der Waals surface area (Å²) in [6.45, 7) is 3.30. The van der Waals surface area contributed by atoms with Crippen LogP contribution in [0.25, 0.3) is 0 Å². The smallest absolute Gasteiger partial charge is 0.335 e. The highest BCUT2D eigenvalue weighted by Gasteiger charge is 2.22. The lowest BCUT2D eigenvalue weighted by Crippen LogP contribution is -2.34. The molecule has 5 heteroatoms. The van der Waals surface area contributed by atoms with Crippen LogP contribution in [0.4, 0.5) is 11.4 Å². The average Bonchev–Trinajstić information content (AvgIpc) is 2.60. The molecule has 5 nitrogen and oxygen atoms in total. The van der Waals surface area contributed by atoms with Gasteiger partial charge in [0.25, 0.3) is 0 Å². The minimum atomic E-state index is -0.917. The number of hydrogen-bond donors (Lipinski definition) is 2.